The number of alkyl halides is 3. The molecule has 0 saturated heterocycles. The number of anilines is 1. The van der Waals surface area contributed by atoms with Crippen molar-refractivity contribution in [2.45, 2.75) is 45.3 Å². The minimum Gasteiger partial charge on any atom is -0.335 e. The molecule has 1 aliphatic rings. The summed E-state index contributed by atoms with van der Waals surface area (Å²) in [5, 5.41) is 5.33. The van der Waals surface area contributed by atoms with Crippen LogP contribution in [0.1, 0.15) is 38.7 Å². The first kappa shape index (κ1) is 17.9. The molecule has 1 aromatic carbocycles. The van der Waals surface area contributed by atoms with Crippen molar-refractivity contribution in [3.05, 3.63) is 28.8 Å². The van der Waals surface area contributed by atoms with Crippen molar-refractivity contribution in [2.75, 3.05) is 5.32 Å². The molecule has 3 atom stereocenters. The van der Waals surface area contributed by atoms with Crippen molar-refractivity contribution in [1.29, 1.82) is 0 Å². The van der Waals surface area contributed by atoms with Gasteiger partial charge in [0.2, 0.25) is 0 Å². The molecule has 0 aliphatic heterocycles. The Morgan fingerprint density at radius 2 is 1.96 bits per heavy atom. The predicted molar refractivity (Wildman–Crippen MR) is 84.6 cm³/mol. The van der Waals surface area contributed by atoms with Gasteiger partial charge in [0.15, 0.2) is 0 Å². The fourth-order valence-electron chi connectivity index (χ4n) is 2.91. The summed E-state index contributed by atoms with van der Waals surface area (Å²) in [7, 11) is 0. The monoisotopic (exact) mass is 348 g/mol. The lowest BCUT2D eigenvalue weighted by Gasteiger charge is -2.34. The van der Waals surface area contributed by atoms with Gasteiger partial charge < -0.3 is 10.6 Å². The molecular formula is C16H20ClF3N2O. The normalized spacial score (nSPS) is 25.0. The van der Waals surface area contributed by atoms with Gasteiger partial charge in [0.05, 0.1) is 16.3 Å². The number of nitrogens with one attached hydrogen (secondary N) is 2. The number of halogens is 4. The zero-order valence-electron chi connectivity index (χ0n) is 13.0. The molecule has 1 aromatic rings. The molecule has 2 N–H and O–H groups in total. The first-order valence-corrected chi connectivity index (χ1v) is 8.00. The lowest BCUT2D eigenvalue weighted by atomic mass is 9.78. The maximum Gasteiger partial charge on any atom is 0.416 e. The van der Waals surface area contributed by atoms with Crippen LogP contribution in [0.2, 0.25) is 5.02 Å². The van der Waals surface area contributed by atoms with Gasteiger partial charge in [-0.15, -0.1) is 0 Å². The van der Waals surface area contributed by atoms with Gasteiger partial charge in [-0.05, 0) is 36.5 Å². The van der Waals surface area contributed by atoms with E-state index in [1.54, 1.807) is 0 Å². The largest absolute Gasteiger partial charge is 0.416 e. The third-order valence-electron chi connectivity index (χ3n) is 4.57. The zero-order chi connectivity index (χ0) is 17.2. The van der Waals surface area contributed by atoms with E-state index in [4.69, 9.17) is 11.6 Å². The highest BCUT2D eigenvalue weighted by Gasteiger charge is 2.31. The Labute approximate surface area is 138 Å². The highest BCUT2D eigenvalue weighted by atomic mass is 35.5. The third-order valence-corrected chi connectivity index (χ3v) is 4.89. The SMILES string of the molecule is C[C@H]1[C@@H](NC(=O)Nc2cc(C(F)(F)F)ccc2Cl)CCC[C@@H]1C. The number of hydrogen-bond donors (Lipinski definition) is 2. The maximum absolute atomic E-state index is 12.7. The molecule has 1 fully saturated rings. The second kappa shape index (κ2) is 6.99. The number of hydrogen-bond acceptors (Lipinski definition) is 1. The number of amides is 2. The number of urea groups is 1. The first-order chi connectivity index (χ1) is 10.7. The Morgan fingerprint density at radius 3 is 2.61 bits per heavy atom. The number of carbonyl (C=O) groups excluding carboxylic acids is 1. The van der Waals surface area contributed by atoms with Crippen LogP contribution in [0, 0.1) is 11.8 Å². The van der Waals surface area contributed by atoms with Crippen molar-refractivity contribution in [3.8, 4) is 0 Å². The van der Waals surface area contributed by atoms with Crippen LogP contribution in [0.25, 0.3) is 0 Å². The molecule has 0 heterocycles. The number of carbonyl (C=O) groups is 1. The third kappa shape index (κ3) is 4.53. The van der Waals surface area contributed by atoms with E-state index in [1.165, 1.54) is 0 Å². The number of benzene rings is 1. The van der Waals surface area contributed by atoms with Crippen molar-refractivity contribution in [3.63, 3.8) is 0 Å². The average Bonchev–Trinajstić information content (AvgIpc) is 2.45. The Morgan fingerprint density at radius 1 is 1.26 bits per heavy atom. The highest BCUT2D eigenvalue weighted by Crippen LogP contribution is 2.34. The first-order valence-electron chi connectivity index (χ1n) is 7.62. The van der Waals surface area contributed by atoms with Crippen LogP contribution in [0.3, 0.4) is 0 Å². The van der Waals surface area contributed by atoms with Crippen LogP contribution in [-0.2, 0) is 6.18 Å². The second-order valence-corrected chi connectivity index (χ2v) is 6.57. The molecule has 2 rings (SSSR count). The van der Waals surface area contributed by atoms with Gasteiger partial charge in [-0.25, -0.2) is 4.79 Å². The van der Waals surface area contributed by atoms with Crippen LogP contribution >= 0.6 is 11.6 Å². The Kier molecular flexibility index (Phi) is 5.45. The van der Waals surface area contributed by atoms with Gasteiger partial charge in [0.25, 0.3) is 0 Å². The fourth-order valence-corrected chi connectivity index (χ4v) is 3.07. The summed E-state index contributed by atoms with van der Waals surface area (Å²) in [6, 6.07) is 2.34. The number of rotatable bonds is 2. The fraction of sp³-hybridized carbons (Fsp3) is 0.562. The van der Waals surface area contributed by atoms with E-state index < -0.39 is 17.8 Å². The van der Waals surface area contributed by atoms with E-state index in [1.807, 2.05) is 0 Å². The summed E-state index contributed by atoms with van der Waals surface area (Å²) in [6.07, 6.45) is -1.46. The minimum absolute atomic E-state index is 0.0170. The molecule has 0 unspecified atom stereocenters. The van der Waals surface area contributed by atoms with E-state index >= 15 is 0 Å². The summed E-state index contributed by atoms with van der Waals surface area (Å²) in [5.41, 5.74) is -0.896. The molecule has 0 radical (unpaired) electrons. The molecule has 0 spiro atoms. The summed E-state index contributed by atoms with van der Waals surface area (Å²) in [6.45, 7) is 4.21. The summed E-state index contributed by atoms with van der Waals surface area (Å²) in [4.78, 5) is 12.1. The molecule has 7 heteroatoms. The van der Waals surface area contributed by atoms with Gasteiger partial charge in [0, 0.05) is 6.04 Å². The van der Waals surface area contributed by atoms with Crippen LogP contribution in [0.4, 0.5) is 23.7 Å². The van der Waals surface area contributed by atoms with Gasteiger partial charge >= 0.3 is 12.2 Å². The molecule has 0 bridgehead atoms. The van der Waals surface area contributed by atoms with Gasteiger partial charge in [0.1, 0.15) is 0 Å². The van der Waals surface area contributed by atoms with Gasteiger partial charge in [-0.3, -0.25) is 0 Å². The van der Waals surface area contributed by atoms with Crippen LogP contribution in [0.15, 0.2) is 18.2 Å². The standard InChI is InChI=1S/C16H20ClF3N2O/c1-9-4-3-5-13(10(9)2)21-15(23)22-14-8-11(16(18,19)20)6-7-12(14)17/h6-10,13H,3-5H2,1-2H3,(H2,21,22,23)/t9-,10+,13-/m0/s1. The molecule has 0 aromatic heterocycles. The molecule has 128 valence electrons. The van der Waals surface area contributed by atoms with Gasteiger partial charge in [-0.2, -0.15) is 13.2 Å². The minimum atomic E-state index is -4.48. The Bertz CT molecular complexity index is 577. The molecule has 3 nitrogen and oxygen atoms in total. The molecule has 23 heavy (non-hydrogen) atoms. The summed E-state index contributed by atoms with van der Waals surface area (Å²) >= 11 is 5.88. The lowest BCUT2D eigenvalue weighted by molar-refractivity contribution is -0.137. The van der Waals surface area contributed by atoms with Gasteiger partial charge in [-0.1, -0.05) is 38.3 Å². The van der Waals surface area contributed by atoms with Crippen LogP contribution in [-0.4, -0.2) is 12.1 Å². The molecular weight excluding hydrogens is 329 g/mol. The molecule has 1 saturated carbocycles. The van der Waals surface area contributed by atoms with E-state index in [0.717, 1.165) is 37.5 Å². The second-order valence-electron chi connectivity index (χ2n) is 6.16. The maximum atomic E-state index is 12.7. The van der Waals surface area contributed by atoms with Crippen LogP contribution < -0.4 is 10.6 Å². The smallest absolute Gasteiger partial charge is 0.335 e. The highest BCUT2D eigenvalue weighted by molar-refractivity contribution is 6.33. The quantitative estimate of drug-likeness (QED) is 0.747. The van der Waals surface area contributed by atoms with Crippen molar-refractivity contribution < 1.29 is 18.0 Å². The predicted octanol–water partition coefficient (Wildman–Crippen LogP) is 5.31. The summed E-state index contributed by atoms with van der Waals surface area (Å²) in [5.74, 6) is 0.831. The van der Waals surface area contributed by atoms with E-state index in [0.29, 0.717) is 11.8 Å². The van der Waals surface area contributed by atoms with E-state index in [2.05, 4.69) is 24.5 Å². The average molecular weight is 349 g/mol. The molecule has 1 aliphatic carbocycles. The topological polar surface area (TPSA) is 41.1 Å². The Hall–Kier alpha value is -1.43. The zero-order valence-corrected chi connectivity index (χ0v) is 13.8. The Balaban J connectivity index is 2.05. The van der Waals surface area contributed by atoms with Crippen molar-refractivity contribution in [1.82, 2.24) is 5.32 Å². The lowest BCUT2D eigenvalue weighted by Crippen LogP contribution is -2.45. The molecule has 2 amide bonds. The summed E-state index contributed by atoms with van der Waals surface area (Å²) < 4.78 is 38.2. The van der Waals surface area contributed by atoms with E-state index in [-0.39, 0.29) is 16.8 Å². The van der Waals surface area contributed by atoms with Crippen molar-refractivity contribution >= 4 is 23.3 Å². The van der Waals surface area contributed by atoms with E-state index in [9.17, 15) is 18.0 Å². The van der Waals surface area contributed by atoms with Crippen molar-refractivity contribution in [2.24, 2.45) is 11.8 Å². The van der Waals surface area contributed by atoms with Crippen LogP contribution in [0.5, 0.6) is 0 Å².